The number of hydrogen-bond donors (Lipinski definition) is 1. The van der Waals surface area contributed by atoms with Crippen LogP contribution in [0.5, 0.6) is 0 Å². The van der Waals surface area contributed by atoms with Gasteiger partial charge >= 0.3 is 0 Å². The van der Waals surface area contributed by atoms with Crippen molar-refractivity contribution < 1.29 is 4.74 Å². The van der Waals surface area contributed by atoms with Crippen LogP contribution in [0.2, 0.25) is 0 Å². The quantitative estimate of drug-likeness (QED) is 0.715. The van der Waals surface area contributed by atoms with Crippen LogP contribution in [0.3, 0.4) is 0 Å². The predicted molar refractivity (Wildman–Crippen MR) is 57.2 cm³/mol. The highest BCUT2D eigenvalue weighted by Gasteiger charge is 2.39. The van der Waals surface area contributed by atoms with Crippen molar-refractivity contribution in [2.45, 2.75) is 44.2 Å². The molecule has 0 aromatic rings. The van der Waals surface area contributed by atoms with Gasteiger partial charge in [0.15, 0.2) is 0 Å². The zero-order valence-corrected chi connectivity index (χ0v) is 9.17. The number of hydrogen-bond acceptors (Lipinski definition) is 3. The first kappa shape index (κ1) is 10.4. The van der Waals surface area contributed by atoms with E-state index in [1.807, 2.05) is 0 Å². The summed E-state index contributed by atoms with van der Waals surface area (Å²) in [4.78, 5) is 2.45. The predicted octanol–water partition coefficient (Wildman–Crippen LogP) is 0.979. The van der Waals surface area contributed by atoms with Crippen molar-refractivity contribution in [3.63, 3.8) is 0 Å². The molecule has 1 aliphatic carbocycles. The van der Waals surface area contributed by atoms with Gasteiger partial charge in [0.2, 0.25) is 0 Å². The lowest BCUT2D eigenvalue weighted by molar-refractivity contribution is 0.0720. The Hall–Kier alpha value is -0.120. The Labute approximate surface area is 86.6 Å². The molecule has 0 aromatic carbocycles. The van der Waals surface area contributed by atoms with Crippen LogP contribution in [-0.2, 0) is 4.74 Å². The topological polar surface area (TPSA) is 38.5 Å². The highest BCUT2D eigenvalue weighted by molar-refractivity contribution is 5.01. The zero-order valence-electron chi connectivity index (χ0n) is 9.17. The molecule has 0 amide bonds. The summed E-state index contributed by atoms with van der Waals surface area (Å²) in [5.41, 5.74) is 6.26. The summed E-state index contributed by atoms with van der Waals surface area (Å²) in [6, 6.07) is 0. The van der Waals surface area contributed by atoms with Gasteiger partial charge in [-0.15, -0.1) is 0 Å². The van der Waals surface area contributed by atoms with Crippen LogP contribution in [0.25, 0.3) is 0 Å². The van der Waals surface area contributed by atoms with Gasteiger partial charge in [-0.25, -0.2) is 0 Å². The summed E-state index contributed by atoms with van der Waals surface area (Å²) >= 11 is 0. The number of nitrogens with zero attached hydrogens (tertiary/aromatic N) is 1. The monoisotopic (exact) mass is 198 g/mol. The Kier molecular flexibility index (Phi) is 3.10. The molecule has 1 unspecified atom stereocenters. The van der Waals surface area contributed by atoms with Crippen LogP contribution in [-0.4, -0.2) is 42.8 Å². The van der Waals surface area contributed by atoms with Crippen LogP contribution in [0.15, 0.2) is 0 Å². The molecule has 1 saturated carbocycles. The molecule has 1 heterocycles. The molecule has 2 N–H and O–H groups in total. The second-order valence-electron chi connectivity index (χ2n) is 4.83. The summed E-state index contributed by atoms with van der Waals surface area (Å²) in [5.74, 6) is 0. The van der Waals surface area contributed by atoms with Crippen molar-refractivity contribution in [3.8, 4) is 0 Å². The van der Waals surface area contributed by atoms with Crippen LogP contribution >= 0.6 is 0 Å². The highest BCUT2D eigenvalue weighted by atomic mass is 16.5. The van der Waals surface area contributed by atoms with Crippen LogP contribution in [0.1, 0.15) is 32.6 Å². The maximum absolute atomic E-state index is 6.11. The van der Waals surface area contributed by atoms with E-state index in [2.05, 4.69) is 11.8 Å². The van der Waals surface area contributed by atoms with Gasteiger partial charge in [-0.3, -0.25) is 4.90 Å². The standard InChI is InChI=1S/C11H22N2O/c1-2-13(9-11(12)5-6-11)8-10-4-3-7-14-10/h10H,2-9,12H2,1H3. The number of likely N-dealkylation sites (N-methyl/N-ethyl adjacent to an activating group) is 1. The first-order valence-corrected chi connectivity index (χ1v) is 5.85. The first-order chi connectivity index (χ1) is 6.72. The van der Waals surface area contributed by atoms with Crippen molar-refractivity contribution in [2.75, 3.05) is 26.2 Å². The molecule has 0 bridgehead atoms. The molecule has 0 spiro atoms. The average Bonchev–Trinajstić information content (AvgIpc) is 2.67. The molecule has 0 aromatic heterocycles. The maximum atomic E-state index is 6.11. The third-order valence-electron chi connectivity index (χ3n) is 3.36. The summed E-state index contributed by atoms with van der Waals surface area (Å²) in [7, 11) is 0. The molecule has 2 aliphatic rings. The van der Waals surface area contributed by atoms with E-state index < -0.39 is 0 Å². The van der Waals surface area contributed by atoms with Crippen LogP contribution in [0, 0.1) is 0 Å². The lowest BCUT2D eigenvalue weighted by Crippen LogP contribution is -2.42. The van der Waals surface area contributed by atoms with Crippen molar-refractivity contribution in [1.82, 2.24) is 4.90 Å². The minimum atomic E-state index is 0.147. The van der Waals surface area contributed by atoms with E-state index in [0.29, 0.717) is 6.10 Å². The molecule has 2 fully saturated rings. The summed E-state index contributed by atoms with van der Waals surface area (Å²) < 4.78 is 5.64. The third-order valence-corrected chi connectivity index (χ3v) is 3.36. The number of nitrogens with two attached hydrogens (primary N) is 1. The maximum Gasteiger partial charge on any atom is 0.0702 e. The molecule has 3 heteroatoms. The zero-order chi connectivity index (χ0) is 10.0. The Morgan fingerprint density at radius 2 is 2.29 bits per heavy atom. The van der Waals surface area contributed by atoms with Gasteiger partial charge in [-0.05, 0) is 32.2 Å². The fourth-order valence-electron chi connectivity index (χ4n) is 2.15. The Morgan fingerprint density at radius 3 is 2.79 bits per heavy atom. The van der Waals surface area contributed by atoms with Crippen LogP contribution < -0.4 is 5.73 Å². The number of ether oxygens (including phenoxy) is 1. The van der Waals surface area contributed by atoms with E-state index in [1.54, 1.807) is 0 Å². The van der Waals surface area contributed by atoms with Gasteiger partial charge < -0.3 is 10.5 Å². The second kappa shape index (κ2) is 4.17. The molecular weight excluding hydrogens is 176 g/mol. The number of rotatable bonds is 5. The van der Waals surface area contributed by atoms with E-state index in [4.69, 9.17) is 10.5 Å². The lowest BCUT2D eigenvalue weighted by atomic mass is 10.2. The normalized spacial score (nSPS) is 29.8. The molecule has 82 valence electrons. The van der Waals surface area contributed by atoms with Gasteiger partial charge in [0, 0.05) is 25.2 Å². The molecule has 1 saturated heterocycles. The Balaban J connectivity index is 1.74. The molecule has 2 rings (SSSR count). The Morgan fingerprint density at radius 1 is 1.50 bits per heavy atom. The molecule has 0 radical (unpaired) electrons. The van der Waals surface area contributed by atoms with Gasteiger partial charge in [0.05, 0.1) is 6.10 Å². The minimum Gasteiger partial charge on any atom is -0.377 e. The SMILES string of the molecule is CCN(CC1CCCO1)CC1(N)CC1. The summed E-state index contributed by atoms with van der Waals surface area (Å²) in [6.45, 7) is 6.40. The van der Waals surface area contributed by atoms with Gasteiger partial charge in [0.1, 0.15) is 0 Å². The molecule has 1 atom stereocenters. The average molecular weight is 198 g/mol. The van der Waals surface area contributed by atoms with Crippen LogP contribution in [0.4, 0.5) is 0 Å². The van der Waals surface area contributed by atoms with E-state index in [9.17, 15) is 0 Å². The fourth-order valence-corrected chi connectivity index (χ4v) is 2.15. The van der Waals surface area contributed by atoms with Crippen molar-refractivity contribution in [2.24, 2.45) is 5.73 Å². The molecule has 3 nitrogen and oxygen atoms in total. The van der Waals surface area contributed by atoms with E-state index in [1.165, 1.54) is 25.7 Å². The first-order valence-electron chi connectivity index (χ1n) is 5.85. The van der Waals surface area contributed by atoms with E-state index in [-0.39, 0.29) is 5.54 Å². The summed E-state index contributed by atoms with van der Waals surface area (Å²) in [5, 5.41) is 0. The second-order valence-corrected chi connectivity index (χ2v) is 4.83. The van der Waals surface area contributed by atoms with Crippen molar-refractivity contribution in [3.05, 3.63) is 0 Å². The van der Waals surface area contributed by atoms with Gasteiger partial charge in [-0.1, -0.05) is 6.92 Å². The summed E-state index contributed by atoms with van der Waals surface area (Å²) in [6.07, 6.45) is 5.34. The third kappa shape index (κ3) is 2.69. The highest BCUT2D eigenvalue weighted by Crippen LogP contribution is 2.33. The molecular formula is C11H22N2O. The smallest absolute Gasteiger partial charge is 0.0702 e. The van der Waals surface area contributed by atoms with Crippen molar-refractivity contribution in [1.29, 1.82) is 0 Å². The molecule has 14 heavy (non-hydrogen) atoms. The van der Waals surface area contributed by atoms with E-state index >= 15 is 0 Å². The van der Waals surface area contributed by atoms with Gasteiger partial charge in [0.25, 0.3) is 0 Å². The molecule has 1 aliphatic heterocycles. The van der Waals surface area contributed by atoms with Crippen molar-refractivity contribution >= 4 is 0 Å². The lowest BCUT2D eigenvalue weighted by Gasteiger charge is -2.26. The Bertz CT molecular complexity index is 186. The minimum absolute atomic E-state index is 0.147. The largest absolute Gasteiger partial charge is 0.377 e. The fraction of sp³-hybridized carbons (Fsp3) is 1.00. The van der Waals surface area contributed by atoms with Gasteiger partial charge in [-0.2, -0.15) is 0 Å². The van der Waals surface area contributed by atoms with E-state index in [0.717, 1.165) is 26.2 Å².